The van der Waals surface area contributed by atoms with E-state index in [2.05, 4.69) is 33.1 Å². The van der Waals surface area contributed by atoms with Gasteiger partial charge in [0.25, 0.3) is 5.91 Å². The standard InChI is InChI=1S/C16H13IN2O4/c1-21-14-7-11(3-4-12(14)17)16(20)19-18-8-10-2-5-13-15(6-10)23-9-22-13/h2-8H,9H2,1H3,(H,19,20)/b18-8-. The van der Waals surface area contributed by atoms with Crippen LogP contribution in [0.5, 0.6) is 17.2 Å². The van der Waals surface area contributed by atoms with Gasteiger partial charge in [-0.25, -0.2) is 5.43 Å². The van der Waals surface area contributed by atoms with Crippen molar-refractivity contribution in [2.45, 2.75) is 0 Å². The smallest absolute Gasteiger partial charge is 0.271 e. The molecule has 1 aliphatic rings. The molecule has 0 spiro atoms. The summed E-state index contributed by atoms with van der Waals surface area (Å²) in [6, 6.07) is 10.6. The number of halogens is 1. The number of nitrogens with one attached hydrogen (secondary N) is 1. The number of carbonyl (C=O) groups is 1. The highest BCUT2D eigenvalue weighted by atomic mass is 127. The van der Waals surface area contributed by atoms with Crippen LogP contribution in [0, 0.1) is 3.57 Å². The summed E-state index contributed by atoms with van der Waals surface area (Å²) >= 11 is 2.14. The van der Waals surface area contributed by atoms with Gasteiger partial charge in [0, 0.05) is 5.56 Å². The second-order valence-corrected chi connectivity index (χ2v) is 5.82. The van der Waals surface area contributed by atoms with Gasteiger partial charge in [-0.1, -0.05) is 0 Å². The number of benzene rings is 2. The monoisotopic (exact) mass is 424 g/mol. The van der Waals surface area contributed by atoms with Crippen molar-refractivity contribution in [3.05, 3.63) is 51.1 Å². The van der Waals surface area contributed by atoms with Gasteiger partial charge in [0.2, 0.25) is 6.79 Å². The largest absolute Gasteiger partial charge is 0.496 e. The molecule has 6 nitrogen and oxygen atoms in total. The zero-order chi connectivity index (χ0) is 16.2. The SMILES string of the molecule is COc1cc(C(=O)N/N=C\c2ccc3c(c2)OCO3)ccc1I. The lowest BCUT2D eigenvalue weighted by Crippen LogP contribution is -2.17. The Hall–Kier alpha value is -2.29. The van der Waals surface area contributed by atoms with Gasteiger partial charge in [-0.15, -0.1) is 0 Å². The molecule has 7 heteroatoms. The van der Waals surface area contributed by atoms with E-state index in [4.69, 9.17) is 14.2 Å². The van der Waals surface area contributed by atoms with Crippen LogP contribution < -0.4 is 19.6 Å². The van der Waals surface area contributed by atoms with Crippen LogP contribution in [0.1, 0.15) is 15.9 Å². The van der Waals surface area contributed by atoms with Gasteiger partial charge in [0.1, 0.15) is 5.75 Å². The molecule has 1 amide bonds. The summed E-state index contributed by atoms with van der Waals surface area (Å²) in [6.07, 6.45) is 1.55. The molecule has 2 aromatic rings. The van der Waals surface area contributed by atoms with Gasteiger partial charge in [-0.3, -0.25) is 4.79 Å². The van der Waals surface area contributed by atoms with Crippen LogP contribution >= 0.6 is 22.6 Å². The van der Waals surface area contributed by atoms with E-state index >= 15 is 0 Å². The van der Waals surface area contributed by atoms with Crippen molar-refractivity contribution >= 4 is 34.7 Å². The number of hydrogen-bond donors (Lipinski definition) is 1. The summed E-state index contributed by atoms with van der Waals surface area (Å²) in [5, 5.41) is 3.96. The molecule has 0 radical (unpaired) electrons. The van der Waals surface area contributed by atoms with Crippen LogP contribution in [-0.2, 0) is 0 Å². The highest BCUT2D eigenvalue weighted by Gasteiger charge is 2.12. The maximum absolute atomic E-state index is 12.1. The topological polar surface area (TPSA) is 69.2 Å². The van der Waals surface area contributed by atoms with Gasteiger partial charge in [0.15, 0.2) is 11.5 Å². The average molecular weight is 424 g/mol. The molecular formula is C16H13IN2O4. The minimum absolute atomic E-state index is 0.224. The van der Waals surface area contributed by atoms with Crippen LogP contribution in [-0.4, -0.2) is 26.0 Å². The molecule has 0 atom stereocenters. The van der Waals surface area contributed by atoms with Gasteiger partial charge in [-0.2, -0.15) is 5.10 Å². The summed E-state index contributed by atoms with van der Waals surface area (Å²) in [4.78, 5) is 12.1. The van der Waals surface area contributed by atoms with E-state index in [1.165, 1.54) is 0 Å². The Bertz CT molecular complexity index is 777. The fourth-order valence-electron chi connectivity index (χ4n) is 2.02. The van der Waals surface area contributed by atoms with Crippen molar-refractivity contribution in [1.82, 2.24) is 5.43 Å². The minimum Gasteiger partial charge on any atom is -0.496 e. The number of nitrogens with zero attached hydrogens (tertiary/aromatic N) is 1. The molecule has 0 unspecified atom stereocenters. The highest BCUT2D eigenvalue weighted by molar-refractivity contribution is 14.1. The van der Waals surface area contributed by atoms with Crippen LogP contribution in [0.25, 0.3) is 0 Å². The first-order valence-corrected chi connectivity index (χ1v) is 7.82. The third-order valence-corrected chi connectivity index (χ3v) is 4.08. The Morgan fingerprint density at radius 2 is 2.09 bits per heavy atom. The van der Waals surface area contributed by atoms with Crippen molar-refractivity contribution in [2.75, 3.05) is 13.9 Å². The fourth-order valence-corrected chi connectivity index (χ4v) is 2.58. The van der Waals surface area contributed by atoms with Gasteiger partial charge in [-0.05, 0) is 64.6 Å². The second-order valence-electron chi connectivity index (χ2n) is 4.66. The van der Waals surface area contributed by atoms with Gasteiger partial charge < -0.3 is 14.2 Å². The highest BCUT2D eigenvalue weighted by Crippen LogP contribution is 2.31. The lowest BCUT2D eigenvalue weighted by Gasteiger charge is -2.05. The first kappa shape index (κ1) is 15.6. The molecule has 0 saturated carbocycles. The normalized spacial score (nSPS) is 12.4. The molecule has 118 valence electrons. The molecule has 0 bridgehead atoms. The number of amides is 1. The minimum atomic E-state index is -0.309. The molecule has 0 fully saturated rings. The van der Waals surface area contributed by atoms with Gasteiger partial charge in [0.05, 0.1) is 16.9 Å². The maximum Gasteiger partial charge on any atom is 0.271 e. The Balaban J connectivity index is 1.66. The van der Waals surface area contributed by atoms with Crippen molar-refractivity contribution < 1.29 is 19.0 Å². The molecule has 0 aliphatic carbocycles. The second kappa shape index (κ2) is 6.86. The maximum atomic E-state index is 12.1. The number of hydrazone groups is 1. The van der Waals surface area contributed by atoms with Crippen LogP contribution in [0.15, 0.2) is 41.5 Å². The van der Waals surface area contributed by atoms with E-state index in [0.717, 1.165) is 9.13 Å². The Morgan fingerprint density at radius 1 is 1.26 bits per heavy atom. The molecule has 1 N–H and O–H groups in total. The molecular weight excluding hydrogens is 411 g/mol. The molecule has 0 aromatic heterocycles. The average Bonchev–Trinajstić information content (AvgIpc) is 3.03. The number of fused-ring (bicyclic) bond motifs is 1. The summed E-state index contributed by atoms with van der Waals surface area (Å²) in [5.41, 5.74) is 3.76. The predicted molar refractivity (Wildman–Crippen MR) is 93.3 cm³/mol. The van der Waals surface area contributed by atoms with Crippen molar-refractivity contribution in [2.24, 2.45) is 5.10 Å². The van der Waals surface area contributed by atoms with Crippen molar-refractivity contribution in [1.29, 1.82) is 0 Å². The van der Waals surface area contributed by atoms with Crippen molar-refractivity contribution in [3.63, 3.8) is 0 Å². The molecule has 1 heterocycles. The number of rotatable bonds is 4. The Morgan fingerprint density at radius 3 is 2.91 bits per heavy atom. The number of carbonyl (C=O) groups excluding carboxylic acids is 1. The summed E-state index contributed by atoms with van der Waals surface area (Å²) in [5.74, 6) is 1.72. The Labute approximate surface area is 146 Å². The van der Waals surface area contributed by atoms with E-state index in [0.29, 0.717) is 22.8 Å². The first-order chi connectivity index (χ1) is 11.2. The van der Waals surface area contributed by atoms with E-state index in [-0.39, 0.29) is 12.7 Å². The molecule has 2 aromatic carbocycles. The number of hydrogen-bond acceptors (Lipinski definition) is 5. The van der Waals surface area contributed by atoms with Crippen molar-refractivity contribution in [3.8, 4) is 17.2 Å². The van der Waals surface area contributed by atoms with E-state index in [9.17, 15) is 4.79 Å². The number of ether oxygens (including phenoxy) is 3. The predicted octanol–water partition coefficient (Wildman–Crippen LogP) is 2.79. The lowest BCUT2D eigenvalue weighted by molar-refractivity contribution is 0.0954. The zero-order valence-corrected chi connectivity index (χ0v) is 14.4. The zero-order valence-electron chi connectivity index (χ0n) is 12.2. The van der Waals surface area contributed by atoms with Crippen LogP contribution in [0.4, 0.5) is 0 Å². The summed E-state index contributed by atoms with van der Waals surface area (Å²) < 4.78 is 16.7. The lowest BCUT2D eigenvalue weighted by atomic mass is 10.2. The summed E-state index contributed by atoms with van der Waals surface area (Å²) in [6.45, 7) is 0.224. The fraction of sp³-hybridized carbons (Fsp3) is 0.125. The molecule has 1 aliphatic heterocycles. The number of methoxy groups -OCH3 is 1. The molecule has 23 heavy (non-hydrogen) atoms. The van der Waals surface area contributed by atoms with Gasteiger partial charge >= 0.3 is 0 Å². The third kappa shape index (κ3) is 3.55. The van der Waals surface area contributed by atoms with E-state index in [1.807, 2.05) is 12.1 Å². The Kier molecular flexibility index (Phi) is 4.65. The van der Waals surface area contributed by atoms with E-state index < -0.39 is 0 Å². The first-order valence-electron chi connectivity index (χ1n) is 6.74. The van der Waals surface area contributed by atoms with E-state index in [1.54, 1.807) is 37.6 Å². The molecule has 0 saturated heterocycles. The summed E-state index contributed by atoms with van der Waals surface area (Å²) in [7, 11) is 1.57. The van der Waals surface area contributed by atoms with Crippen LogP contribution in [0.2, 0.25) is 0 Å². The third-order valence-electron chi connectivity index (χ3n) is 3.19. The van der Waals surface area contributed by atoms with Crippen LogP contribution in [0.3, 0.4) is 0 Å². The quantitative estimate of drug-likeness (QED) is 0.466. The molecule has 3 rings (SSSR count).